The maximum Gasteiger partial charge on any atom is 0.355 e. The van der Waals surface area contributed by atoms with Crippen molar-refractivity contribution in [2.75, 3.05) is 46.6 Å². The van der Waals surface area contributed by atoms with Crippen LogP contribution in [-0.2, 0) is 23.8 Å². The minimum atomic E-state index is -0.710. The Balaban J connectivity index is 2.51. The van der Waals surface area contributed by atoms with Gasteiger partial charge in [0, 0.05) is 19.8 Å². The zero-order valence-corrected chi connectivity index (χ0v) is 15.6. The number of esters is 2. The Morgan fingerprint density at radius 3 is 2.35 bits per heavy atom. The van der Waals surface area contributed by atoms with Crippen molar-refractivity contribution in [1.82, 2.24) is 4.90 Å². The van der Waals surface area contributed by atoms with Crippen LogP contribution in [0.4, 0.5) is 5.69 Å². The minimum Gasteiger partial charge on any atom is -0.466 e. The quantitative estimate of drug-likeness (QED) is 0.728. The second-order valence-electron chi connectivity index (χ2n) is 5.58. The van der Waals surface area contributed by atoms with Gasteiger partial charge in [-0.15, -0.1) is 0 Å². The van der Waals surface area contributed by atoms with E-state index >= 15 is 0 Å². The Bertz CT molecular complexity index is 775. The summed E-state index contributed by atoms with van der Waals surface area (Å²) >= 11 is 6.24. The Morgan fingerprint density at radius 1 is 1.15 bits per heavy atom. The molecule has 0 aromatic heterocycles. The molecule has 0 atom stereocenters. The number of halogens is 1. The van der Waals surface area contributed by atoms with Crippen molar-refractivity contribution in [3.05, 3.63) is 40.1 Å². The Morgan fingerprint density at radius 2 is 1.81 bits per heavy atom. The van der Waals surface area contributed by atoms with Gasteiger partial charge in [-0.05, 0) is 18.2 Å². The number of rotatable bonds is 4. The van der Waals surface area contributed by atoms with Crippen LogP contribution in [0.1, 0.15) is 10.4 Å². The number of benzene rings is 1. The molecule has 1 heterocycles. The van der Waals surface area contributed by atoms with Gasteiger partial charge in [0.05, 0.1) is 37.0 Å². The van der Waals surface area contributed by atoms with Crippen molar-refractivity contribution < 1.29 is 28.6 Å². The number of hydrogen-bond donors (Lipinski definition) is 0. The second-order valence-corrected chi connectivity index (χ2v) is 5.99. The number of hydrogen-bond acceptors (Lipinski definition) is 7. The third-order valence-corrected chi connectivity index (χ3v) is 4.05. The molecule has 0 N–H and O–H groups in total. The molecule has 1 aliphatic heterocycles. The maximum absolute atomic E-state index is 12.3. The molecule has 0 unspecified atom stereocenters. The molecule has 0 bridgehead atoms. The van der Waals surface area contributed by atoms with Gasteiger partial charge in [-0.3, -0.25) is 4.79 Å². The number of amides is 1. The van der Waals surface area contributed by atoms with Crippen molar-refractivity contribution in [2.24, 2.45) is 0 Å². The molecule has 0 radical (unpaired) electrons. The summed E-state index contributed by atoms with van der Waals surface area (Å²) in [7, 11) is 5.66. The maximum atomic E-state index is 12.3. The van der Waals surface area contributed by atoms with Crippen LogP contribution in [-0.4, -0.2) is 64.4 Å². The Hall–Kier alpha value is -2.58. The van der Waals surface area contributed by atoms with E-state index in [0.29, 0.717) is 11.3 Å². The van der Waals surface area contributed by atoms with E-state index < -0.39 is 11.9 Å². The van der Waals surface area contributed by atoms with Crippen LogP contribution in [0.25, 0.3) is 0 Å². The van der Waals surface area contributed by atoms with Crippen molar-refractivity contribution in [1.29, 1.82) is 0 Å². The molecule has 0 saturated heterocycles. The van der Waals surface area contributed by atoms with E-state index in [-0.39, 0.29) is 35.5 Å². The van der Waals surface area contributed by atoms with Gasteiger partial charge in [0.25, 0.3) is 5.91 Å². The average molecular weight is 383 g/mol. The van der Waals surface area contributed by atoms with Gasteiger partial charge in [-0.25, -0.2) is 9.59 Å². The molecular formula is C17H19ClN2O6. The van der Waals surface area contributed by atoms with Gasteiger partial charge in [-0.2, -0.15) is 0 Å². The summed E-state index contributed by atoms with van der Waals surface area (Å²) in [6.45, 7) is -0.0826. The van der Waals surface area contributed by atoms with Crippen molar-refractivity contribution in [3.8, 4) is 0 Å². The van der Waals surface area contributed by atoms with Gasteiger partial charge in [-0.1, -0.05) is 11.6 Å². The summed E-state index contributed by atoms with van der Waals surface area (Å²) in [6, 6.07) is 4.67. The van der Waals surface area contributed by atoms with Crippen molar-refractivity contribution in [3.63, 3.8) is 0 Å². The van der Waals surface area contributed by atoms with Gasteiger partial charge in [0.1, 0.15) is 12.4 Å². The number of anilines is 1. The fourth-order valence-corrected chi connectivity index (χ4v) is 2.69. The number of ether oxygens (including phenoxy) is 3. The first-order valence-corrected chi connectivity index (χ1v) is 7.95. The summed E-state index contributed by atoms with van der Waals surface area (Å²) in [5.74, 6) is -1.66. The predicted octanol–water partition coefficient (Wildman–Crippen LogP) is 1.44. The highest BCUT2D eigenvalue weighted by molar-refractivity contribution is 6.34. The standard InChI is InChI=1S/C17H19ClN2O6/c1-19(2)15(21)11-6-5-10(7-13(11)18)20-9-26-8-12(16(22)24-3)14(20)17(23)25-4/h5-7H,8-9H2,1-4H3. The van der Waals surface area contributed by atoms with E-state index in [4.69, 9.17) is 25.8 Å². The number of methoxy groups -OCH3 is 2. The molecule has 0 spiro atoms. The third-order valence-electron chi connectivity index (χ3n) is 3.73. The van der Waals surface area contributed by atoms with Crippen LogP contribution in [0.3, 0.4) is 0 Å². The summed E-state index contributed by atoms with van der Waals surface area (Å²) < 4.78 is 14.9. The Labute approximate surface area is 155 Å². The monoisotopic (exact) mass is 382 g/mol. The minimum absolute atomic E-state index is 0.00221. The van der Waals surface area contributed by atoms with E-state index in [9.17, 15) is 14.4 Å². The smallest absolute Gasteiger partial charge is 0.355 e. The topological polar surface area (TPSA) is 85.4 Å². The fourth-order valence-electron chi connectivity index (χ4n) is 2.43. The number of carbonyl (C=O) groups is 3. The van der Waals surface area contributed by atoms with E-state index in [2.05, 4.69) is 0 Å². The lowest BCUT2D eigenvalue weighted by atomic mass is 10.1. The summed E-state index contributed by atoms with van der Waals surface area (Å²) in [5, 5.41) is 0.204. The number of carbonyl (C=O) groups excluding carboxylic acids is 3. The molecule has 1 aromatic carbocycles. The zero-order valence-electron chi connectivity index (χ0n) is 14.9. The average Bonchev–Trinajstić information content (AvgIpc) is 2.65. The normalized spacial score (nSPS) is 14.1. The highest BCUT2D eigenvalue weighted by Crippen LogP contribution is 2.30. The lowest BCUT2D eigenvalue weighted by Crippen LogP contribution is -2.38. The van der Waals surface area contributed by atoms with Gasteiger partial charge >= 0.3 is 11.9 Å². The molecule has 8 nitrogen and oxygen atoms in total. The van der Waals surface area contributed by atoms with Crippen LogP contribution in [0, 0.1) is 0 Å². The highest BCUT2D eigenvalue weighted by Gasteiger charge is 2.32. The van der Waals surface area contributed by atoms with Gasteiger partial charge in [0.2, 0.25) is 0 Å². The van der Waals surface area contributed by atoms with Gasteiger partial charge < -0.3 is 24.0 Å². The largest absolute Gasteiger partial charge is 0.466 e. The zero-order chi connectivity index (χ0) is 19.4. The third kappa shape index (κ3) is 3.81. The lowest BCUT2D eigenvalue weighted by Gasteiger charge is -2.31. The molecule has 1 aliphatic rings. The Kier molecular flexibility index (Phi) is 6.23. The van der Waals surface area contributed by atoms with Crippen LogP contribution >= 0.6 is 11.6 Å². The molecule has 0 aliphatic carbocycles. The van der Waals surface area contributed by atoms with Crippen LogP contribution < -0.4 is 4.90 Å². The lowest BCUT2D eigenvalue weighted by molar-refractivity contribution is -0.140. The molecular weight excluding hydrogens is 364 g/mol. The van der Waals surface area contributed by atoms with Crippen LogP contribution in [0.15, 0.2) is 29.5 Å². The van der Waals surface area contributed by atoms with Gasteiger partial charge in [0.15, 0.2) is 0 Å². The molecule has 1 amide bonds. The van der Waals surface area contributed by atoms with Crippen molar-refractivity contribution in [2.45, 2.75) is 0 Å². The molecule has 0 fully saturated rings. The fraction of sp³-hybridized carbons (Fsp3) is 0.353. The van der Waals surface area contributed by atoms with Crippen LogP contribution in [0.2, 0.25) is 5.02 Å². The second kappa shape index (κ2) is 8.20. The SMILES string of the molecule is COC(=O)C1=C(C(=O)OC)N(c2ccc(C(=O)N(C)C)c(Cl)c2)COC1. The first kappa shape index (κ1) is 19.7. The molecule has 140 valence electrons. The summed E-state index contributed by atoms with van der Waals surface area (Å²) in [5.41, 5.74) is 0.825. The van der Waals surface area contributed by atoms with Crippen molar-refractivity contribution >= 4 is 35.1 Å². The predicted molar refractivity (Wildman–Crippen MR) is 93.8 cm³/mol. The molecule has 1 aromatic rings. The molecule has 0 saturated carbocycles. The van der Waals surface area contributed by atoms with E-state index in [0.717, 1.165) is 0 Å². The summed E-state index contributed by atoms with van der Waals surface area (Å²) in [4.78, 5) is 39.2. The van der Waals surface area contributed by atoms with E-state index in [1.807, 2.05) is 0 Å². The first-order chi connectivity index (χ1) is 12.3. The first-order valence-electron chi connectivity index (χ1n) is 7.58. The molecule has 2 rings (SSSR count). The van der Waals surface area contributed by atoms with E-state index in [1.165, 1.54) is 30.1 Å². The summed E-state index contributed by atoms with van der Waals surface area (Å²) in [6.07, 6.45) is 0. The molecule has 26 heavy (non-hydrogen) atoms. The van der Waals surface area contributed by atoms with Crippen LogP contribution in [0.5, 0.6) is 0 Å². The number of nitrogens with zero attached hydrogens (tertiary/aromatic N) is 2. The van der Waals surface area contributed by atoms with E-state index in [1.54, 1.807) is 26.2 Å². The highest BCUT2D eigenvalue weighted by atomic mass is 35.5. The molecule has 9 heteroatoms.